The Bertz CT molecular complexity index is 907. The summed E-state index contributed by atoms with van der Waals surface area (Å²) < 4.78 is 17.3. The number of piperidine rings is 1. The molecule has 0 amide bonds. The van der Waals surface area contributed by atoms with Crippen molar-refractivity contribution in [2.45, 2.75) is 56.5 Å². The standard InChI is InChI=1S/C20H24N2O5/c1-20(2)26-17-14(23)9-22-13(19(24)25-3)8-11-10-6-4-5-7-12(10)21-15(11)16(22)18(17)27-20/h4-7,13-14,16-18,21,23H,8-9H2,1-3H3/t13-,14+,16-,17+,18-/m0/s1. The number of aromatic nitrogens is 1. The third-order valence-electron chi connectivity index (χ3n) is 6.02. The van der Waals surface area contributed by atoms with Gasteiger partial charge in [-0.15, -0.1) is 0 Å². The van der Waals surface area contributed by atoms with Gasteiger partial charge in [0.1, 0.15) is 18.2 Å². The Morgan fingerprint density at radius 2 is 2.04 bits per heavy atom. The molecule has 2 saturated heterocycles. The molecule has 1 aromatic heterocycles. The van der Waals surface area contributed by atoms with Gasteiger partial charge in [-0.3, -0.25) is 9.69 Å². The normalized spacial score (nSPS) is 34.7. The van der Waals surface area contributed by atoms with Crippen LogP contribution in [0.15, 0.2) is 24.3 Å². The van der Waals surface area contributed by atoms with Crippen LogP contribution in [-0.2, 0) is 25.4 Å². The SMILES string of the molecule is COC(=O)[C@@H]1Cc2c([nH]c3ccccc23)[C@H]2[C@@H]3OC(C)(C)O[C@@H]3[C@H](O)CN12. The van der Waals surface area contributed by atoms with E-state index in [4.69, 9.17) is 14.2 Å². The van der Waals surface area contributed by atoms with Crippen molar-refractivity contribution in [3.63, 3.8) is 0 Å². The van der Waals surface area contributed by atoms with E-state index in [-0.39, 0.29) is 18.1 Å². The molecule has 0 saturated carbocycles. The highest BCUT2D eigenvalue weighted by Crippen LogP contribution is 2.48. The lowest BCUT2D eigenvalue weighted by Crippen LogP contribution is -2.62. The number of methoxy groups -OCH3 is 1. The molecule has 7 heteroatoms. The van der Waals surface area contributed by atoms with Crippen LogP contribution >= 0.6 is 0 Å². The van der Waals surface area contributed by atoms with Crippen LogP contribution in [0, 0.1) is 0 Å². The predicted molar refractivity (Wildman–Crippen MR) is 97.1 cm³/mol. The Balaban J connectivity index is 1.68. The van der Waals surface area contributed by atoms with Crippen molar-refractivity contribution >= 4 is 16.9 Å². The highest BCUT2D eigenvalue weighted by atomic mass is 16.8. The predicted octanol–water partition coefficient (Wildman–Crippen LogP) is 1.50. The highest BCUT2D eigenvalue weighted by molar-refractivity contribution is 5.87. The number of hydrogen-bond donors (Lipinski definition) is 2. The van der Waals surface area contributed by atoms with Gasteiger partial charge in [0.2, 0.25) is 0 Å². The summed E-state index contributed by atoms with van der Waals surface area (Å²) in [4.78, 5) is 18.1. The van der Waals surface area contributed by atoms with E-state index in [1.165, 1.54) is 7.11 Å². The van der Waals surface area contributed by atoms with E-state index in [0.717, 1.165) is 22.2 Å². The molecule has 7 nitrogen and oxygen atoms in total. The summed E-state index contributed by atoms with van der Waals surface area (Å²) in [6.45, 7) is 4.05. The maximum atomic E-state index is 12.6. The number of benzene rings is 1. The fourth-order valence-electron chi connectivity index (χ4n) is 4.99. The topological polar surface area (TPSA) is 84.0 Å². The number of fused-ring (bicyclic) bond motifs is 7. The first-order valence-corrected chi connectivity index (χ1v) is 9.36. The molecule has 0 aliphatic carbocycles. The number of carbonyl (C=O) groups excluding carboxylic acids is 1. The van der Waals surface area contributed by atoms with Gasteiger partial charge in [-0.25, -0.2) is 0 Å². The summed E-state index contributed by atoms with van der Waals surface area (Å²) >= 11 is 0. The number of esters is 1. The van der Waals surface area contributed by atoms with Crippen LogP contribution in [0.25, 0.3) is 10.9 Å². The first-order chi connectivity index (χ1) is 12.9. The maximum absolute atomic E-state index is 12.6. The quantitative estimate of drug-likeness (QED) is 0.738. The van der Waals surface area contributed by atoms with Crippen molar-refractivity contribution in [1.29, 1.82) is 0 Å². The molecule has 0 spiro atoms. The smallest absolute Gasteiger partial charge is 0.323 e. The average Bonchev–Trinajstić information content (AvgIpc) is 3.17. The minimum atomic E-state index is -0.781. The van der Waals surface area contributed by atoms with Crippen molar-refractivity contribution in [1.82, 2.24) is 9.88 Å². The highest BCUT2D eigenvalue weighted by Gasteiger charge is 2.58. The van der Waals surface area contributed by atoms with Crippen molar-refractivity contribution < 1.29 is 24.1 Å². The minimum Gasteiger partial charge on any atom is -0.468 e. The fourth-order valence-corrected chi connectivity index (χ4v) is 4.99. The van der Waals surface area contributed by atoms with Gasteiger partial charge in [0.15, 0.2) is 5.79 Å². The van der Waals surface area contributed by atoms with Gasteiger partial charge in [-0.2, -0.15) is 0 Å². The molecule has 3 aliphatic rings. The number of aromatic amines is 1. The number of rotatable bonds is 1. The van der Waals surface area contributed by atoms with Gasteiger partial charge >= 0.3 is 5.97 Å². The number of H-pyrrole nitrogens is 1. The Hall–Kier alpha value is -1.93. The summed E-state index contributed by atoms with van der Waals surface area (Å²) in [7, 11) is 1.41. The second-order valence-corrected chi connectivity index (χ2v) is 8.08. The molecule has 5 atom stereocenters. The van der Waals surface area contributed by atoms with Crippen LogP contribution in [0.3, 0.4) is 0 Å². The Labute approximate surface area is 157 Å². The van der Waals surface area contributed by atoms with E-state index in [1.54, 1.807) is 0 Å². The Morgan fingerprint density at radius 1 is 1.30 bits per heavy atom. The molecule has 144 valence electrons. The summed E-state index contributed by atoms with van der Waals surface area (Å²) in [5.74, 6) is -1.07. The number of carbonyl (C=O) groups is 1. The molecule has 0 bridgehead atoms. The number of nitrogens with one attached hydrogen (secondary N) is 1. The first-order valence-electron chi connectivity index (χ1n) is 9.36. The number of ether oxygens (including phenoxy) is 3. The lowest BCUT2D eigenvalue weighted by Gasteiger charge is -2.48. The number of para-hydroxylation sites is 1. The van der Waals surface area contributed by atoms with Crippen LogP contribution < -0.4 is 0 Å². The maximum Gasteiger partial charge on any atom is 0.323 e. The first kappa shape index (κ1) is 17.2. The van der Waals surface area contributed by atoms with Gasteiger partial charge < -0.3 is 24.3 Å². The van der Waals surface area contributed by atoms with E-state index in [9.17, 15) is 9.90 Å². The number of hydrogen-bond acceptors (Lipinski definition) is 6. The molecular formula is C20H24N2O5. The van der Waals surface area contributed by atoms with Crippen molar-refractivity contribution in [3.05, 3.63) is 35.5 Å². The molecule has 27 heavy (non-hydrogen) atoms. The molecule has 2 aromatic rings. The zero-order chi connectivity index (χ0) is 18.9. The zero-order valence-electron chi connectivity index (χ0n) is 15.6. The van der Waals surface area contributed by atoms with Crippen LogP contribution in [0.2, 0.25) is 0 Å². The van der Waals surface area contributed by atoms with E-state index in [2.05, 4.69) is 11.1 Å². The largest absolute Gasteiger partial charge is 0.468 e. The van der Waals surface area contributed by atoms with Crippen LogP contribution in [0.4, 0.5) is 0 Å². The molecule has 2 N–H and O–H groups in total. The van der Waals surface area contributed by atoms with Crippen molar-refractivity contribution in [2.24, 2.45) is 0 Å². The molecular weight excluding hydrogens is 348 g/mol. The lowest BCUT2D eigenvalue weighted by atomic mass is 9.83. The minimum absolute atomic E-state index is 0.208. The monoisotopic (exact) mass is 372 g/mol. The van der Waals surface area contributed by atoms with Crippen LogP contribution in [0.5, 0.6) is 0 Å². The Morgan fingerprint density at radius 3 is 2.81 bits per heavy atom. The average molecular weight is 372 g/mol. The molecule has 5 rings (SSSR count). The van der Waals surface area contributed by atoms with Gasteiger partial charge in [0.25, 0.3) is 0 Å². The van der Waals surface area contributed by atoms with E-state index in [0.29, 0.717) is 13.0 Å². The molecule has 3 aliphatic heterocycles. The lowest BCUT2D eigenvalue weighted by molar-refractivity contribution is -0.157. The number of aliphatic hydroxyl groups is 1. The van der Waals surface area contributed by atoms with Crippen LogP contribution in [0.1, 0.15) is 31.1 Å². The summed E-state index contributed by atoms with van der Waals surface area (Å²) in [5, 5.41) is 11.8. The summed E-state index contributed by atoms with van der Waals surface area (Å²) in [6.07, 6.45) is -0.998. The van der Waals surface area contributed by atoms with Crippen molar-refractivity contribution in [2.75, 3.05) is 13.7 Å². The Kier molecular flexibility index (Phi) is 3.68. The van der Waals surface area contributed by atoms with Crippen LogP contribution in [-0.4, -0.2) is 64.8 Å². The molecule has 0 radical (unpaired) electrons. The summed E-state index contributed by atoms with van der Waals surface area (Å²) in [6, 6.07) is 7.43. The van der Waals surface area contributed by atoms with Gasteiger partial charge in [0, 0.05) is 29.6 Å². The number of nitrogens with zero attached hydrogens (tertiary/aromatic N) is 1. The number of aliphatic hydroxyl groups excluding tert-OH is 1. The second kappa shape index (κ2) is 5.78. The summed E-state index contributed by atoms with van der Waals surface area (Å²) in [5.41, 5.74) is 3.19. The van der Waals surface area contributed by atoms with Gasteiger partial charge in [0.05, 0.1) is 19.3 Å². The molecule has 2 fully saturated rings. The van der Waals surface area contributed by atoms with E-state index < -0.39 is 24.0 Å². The fraction of sp³-hybridized carbons (Fsp3) is 0.550. The third kappa shape index (κ3) is 2.46. The molecule has 4 heterocycles. The van der Waals surface area contributed by atoms with E-state index in [1.807, 2.05) is 36.9 Å². The zero-order valence-corrected chi connectivity index (χ0v) is 15.6. The molecule has 1 aromatic carbocycles. The van der Waals surface area contributed by atoms with Crippen molar-refractivity contribution in [3.8, 4) is 0 Å². The second-order valence-electron chi connectivity index (χ2n) is 8.08. The van der Waals surface area contributed by atoms with E-state index >= 15 is 0 Å². The third-order valence-corrected chi connectivity index (χ3v) is 6.02. The van der Waals surface area contributed by atoms with Gasteiger partial charge in [-0.05, 0) is 25.5 Å². The molecule has 0 unspecified atom stereocenters. The van der Waals surface area contributed by atoms with Gasteiger partial charge in [-0.1, -0.05) is 18.2 Å².